The molecular weight excluding hydrogens is 496 g/mol. The Bertz CT molecular complexity index is 1440. The fraction of sp³-hybridized carbons (Fsp3) is 0.500. The largest absolute Gasteiger partial charge is 0.496 e. The Labute approximate surface area is 229 Å². The molecule has 9 nitrogen and oxygen atoms in total. The minimum Gasteiger partial charge on any atom is -0.496 e. The van der Waals surface area contributed by atoms with Crippen molar-refractivity contribution in [1.29, 1.82) is 0 Å². The predicted molar refractivity (Wildman–Crippen MR) is 150 cm³/mol. The maximum absolute atomic E-state index is 12.6. The first-order chi connectivity index (χ1) is 18.4. The number of aryl methyl sites for hydroxylation is 1. The Hall–Kier alpha value is -3.59. The maximum atomic E-state index is 12.6. The second kappa shape index (κ2) is 9.55. The lowest BCUT2D eigenvalue weighted by Crippen LogP contribution is -2.76. The molecule has 0 aliphatic heterocycles. The monoisotopic (exact) mass is 534 g/mol. The molecule has 0 radical (unpaired) electrons. The molecule has 2 aromatic heterocycles. The standard InChI is InChI=1S/C30H38N4O5/c1-28(2,3)39-27(36)32-30-15-29(16-30,17-30)18-33(4)13-23-24(37-6)10-19(11-25(23)38-7)22-14-34(5)26(35)21-12-31-9-8-20(21)22/h8-12,14H,13,15-18H2,1-7H3,(H,32,36). The van der Waals surface area contributed by atoms with Gasteiger partial charge < -0.3 is 29.0 Å². The van der Waals surface area contributed by atoms with Crippen LogP contribution in [0.5, 0.6) is 11.5 Å². The van der Waals surface area contributed by atoms with Gasteiger partial charge in [-0.3, -0.25) is 9.78 Å². The molecule has 0 spiro atoms. The summed E-state index contributed by atoms with van der Waals surface area (Å²) in [6.07, 6.45) is 7.70. The van der Waals surface area contributed by atoms with Crippen molar-refractivity contribution in [3.63, 3.8) is 0 Å². The summed E-state index contributed by atoms with van der Waals surface area (Å²) in [4.78, 5) is 31.3. The van der Waals surface area contributed by atoms with E-state index in [0.29, 0.717) is 11.9 Å². The number of carbonyl (C=O) groups excluding carboxylic acids is 1. The van der Waals surface area contributed by atoms with E-state index in [1.807, 2.05) is 45.2 Å². The molecule has 1 amide bonds. The number of rotatable bonds is 8. The van der Waals surface area contributed by atoms with E-state index in [-0.39, 0.29) is 22.6 Å². The zero-order chi connectivity index (χ0) is 28.2. The highest BCUT2D eigenvalue weighted by atomic mass is 16.6. The van der Waals surface area contributed by atoms with E-state index in [1.165, 1.54) is 0 Å². The van der Waals surface area contributed by atoms with Gasteiger partial charge in [0.25, 0.3) is 5.56 Å². The van der Waals surface area contributed by atoms with Gasteiger partial charge in [-0.2, -0.15) is 0 Å². The summed E-state index contributed by atoms with van der Waals surface area (Å²) >= 11 is 0. The van der Waals surface area contributed by atoms with Crippen molar-refractivity contribution in [3.05, 3.63) is 52.7 Å². The second-order valence-corrected chi connectivity index (χ2v) is 12.3. The van der Waals surface area contributed by atoms with Crippen LogP contribution in [0.4, 0.5) is 4.79 Å². The number of nitrogens with zero attached hydrogens (tertiary/aromatic N) is 3. The molecule has 208 valence electrons. The molecule has 1 N–H and O–H groups in total. The van der Waals surface area contributed by atoms with Crippen LogP contribution in [-0.4, -0.2) is 59.5 Å². The van der Waals surface area contributed by atoms with Crippen LogP contribution in [0.3, 0.4) is 0 Å². The highest BCUT2D eigenvalue weighted by molar-refractivity contribution is 5.95. The third kappa shape index (κ3) is 5.07. The third-order valence-corrected chi connectivity index (χ3v) is 7.84. The quantitative estimate of drug-likeness (QED) is 0.455. The van der Waals surface area contributed by atoms with Crippen molar-refractivity contribution < 1.29 is 19.0 Å². The number of benzene rings is 1. The average molecular weight is 535 g/mol. The molecule has 39 heavy (non-hydrogen) atoms. The van der Waals surface area contributed by atoms with Gasteiger partial charge >= 0.3 is 6.09 Å². The first-order valence-corrected chi connectivity index (χ1v) is 13.2. The maximum Gasteiger partial charge on any atom is 0.408 e. The van der Waals surface area contributed by atoms with E-state index in [2.05, 4.69) is 22.2 Å². The van der Waals surface area contributed by atoms with E-state index >= 15 is 0 Å². The number of pyridine rings is 2. The van der Waals surface area contributed by atoms with E-state index < -0.39 is 5.60 Å². The zero-order valence-corrected chi connectivity index (χ0v) is 23.9. The van der Waals surface area contributed by atoms with Gasteiger partial charge in [-0.25, -0.2) is 4.79 Å². The van der Waals surface area contributed by atoms with Gasteiger partial charge in [0.1, 0.15) is 17.1 Å². The van der Waals surface area contributed by atoms with Gasteiger partial charge in [-0.15, -0.1) is 0 Å². The van der Waals surface area contributed by atoms with Crippen molar-refractivity contribution in [2.24, 2.45) is 12.5 Å². The van der Waals surface area contributed by atoms with Crippen LogP contribution in [0.25, 0.3) is 21.9 Å². The Balaban J connectivity index is 1.33. The van der Waals surface area contributed by atoms with Crippen LogP contribution in [0.1, 0.15) is 45.6 Å². The van der Waals surface area contributed by atoms with Crippen molar-refractivity contribution >= 4 is 16.9 Å². The van der Waals surface area contributed by atoms with Crippen molar-refractivity contribution in [2.45, 2.75) is 57.7 Å². The van der Waals surface area contributed by atoms with E-state index in [1.54, 1.807) is 38.2 Å². The van der Waals surface area contributed by atoms with Crippen molar-refractivity contribution in [2.75, 3.05) is 27.8 Å². The molecule has 2 bridgehead atoms. The fourth-order valence-electron chi connectivity index (χ4n) is 6.55. The van der Waals surface area contributed by atoms with Gasteiger partial charge in [0.05, 0.1) is 25.2 Å². The number of ether oxygens (including phenoxy) is 3. The molecule has 0 atom stereocenters. The van der Waals surface area contributed by atoms with Crippen LogP contribution >= 0.6 is 0 Å². The topological polar surface area (TPSA) is 94.9 Å². The molecule has 3 aliphatic rings. The summed E-state index contributed by atoms with van der Waals surface area (Å²) in [5.74, 6) is 1.46. The van der Waals surface area contributed by atoms with Crippen LogP contribution < -0.4 is 20.3 Å². The fourth-order valence-corrected chi connectivity index (χ4v) is 6.55. The Kier molecular flexibility index (Phi) is 6.61. The molecule has 2 heterocycles. The van der Waals surface area contributed by atoms with Gasteiger partial charge in [-0.05, 0) is 81.6 Å². The van der Waals surface area contributed by atoms with E-state index in [0.717, 1.165) is 59.4 Å². The lowest BCUT2D eigenvalue weighted by atomic mass is 9.39. The summed E-state index contributed by atoms with van der Waals surface area (Å²) in [6.45, 7) is 7.20. The second-order valence-electron chi connectivity index (χ2n) is 12.3. The number of nitrogens with one attached hydrogen (secondary N) is 1. The minimum absolute atomic E-state index is 0.0873. The van der Waals surface area contributed by atoms with Crippen LogP contribution in [0.2, 0.25) is 0 Å². The van der Waals surface area contributed by atoms with Gasteiger partial charge in [0.15, 0.2) is 0 Å². The number of hydrogen-bond donors (Lipinski definition) is 1. The highest BCUT2D eigenvalue weighted by Gasteiger charge is 2.68. The van der Waals surface area contributed by atoms with Gasteiger partial charge in [-0.1, -0.05) is 0 Å². The Morgan fingerprint density at radius 3 is 2.36 bits per heavy atom. The molecular formula is C30H38N4O5. The molecule has 3 fully saturated rings. The van der Waals surface area contributed by atoms with E-state index in [9.17, 15) is 9.59 Å². The smallest absolute Gasteiger partial charge is 0.408 e. The summed E-state index contributed by atoms with van der Waals surface area (Å²) in [6, 6.07) is 5.87. The molecule has 3 saturated carbocycles. The Morgan fingerprint density at radius 2 is 1.77 bits per heavy atom. The number of aromatic nitrogens is 2. The van der Waals surface area contributed by atoms with Crippen LogP contribution in [-0.2, 0) is 18.3 Å². The summed E-state index contributed by atoms with van der Waals surface area (Å²) < 4.78 is 18.7. The normalized spacial score (nSPS) is 21.7. The average Bonchev–Trinajstić information content (AvgIpc) is 2.83. The highest BCUT2D eigenvalue weighted by Crippen LogP contribution is 2.67. The Morgan fingerprint density at radius 1 is 1.13 bits per heavy atom. The lowest BCUT2D eigenvalue weighted by molar-refractivity contribution is -0.163. The first kappa shape index (κ1) is 27.0. The lowest BCUT2D eigenvalue weighted by Gasteiger charge is -2.71. The summed E-state index contributed by atoms with van der Waals surface area (Å²) in [5, 5.41) is 4.50. The van der Waals surface area contributed by atoms with Gasteiger partial charge in [0, 0.05) is 49.8 Å². The number of fused-ring (bicyclic) bond motifs is 1. The number of amides is 1. The predicted octanol–water partition coefficient (Wildman–Crippen LogP) is 4.50. The molecule has 0 saturated heterocycles. The summed E-state index contributed by atoms with van der Waals surface area (Å²) in [5.41, 5.74) is 2.28. The number of alkyl carbamates (subject to hydrolysis) is 1. The molecule has 1 aromatic carbocycles. The third-order valence-electron chi connectivity index (χ3n) is 7.84. The SMILES string of the molecule is COc1cc(-c2cn(C)c(=O)c3cnccc23)cc(OC)c1CN(C)CC12CC(NC(=O)OC(C)(C)C)(C1)C2. The molecule has 9 heteroatoms. The number of hydrogen-bond acceptors (Lipinski definition) is 7. The molecule has 3 aliphatic carbocycles. The first-order valence-electron chi connectivity index (χ1n) is 13.2. The number of carbonyl (C=O) groups is 1. The molecule has 6 rings (SSSR count). The summed E-state index contributed by atoms with van der Waals surface area (Å²) in [7, 11) is 7.18. The van der Waals surface area contributed by atoms with Crippen LogP contribution in [0, 0.1) is 5.41 Å². The molecule has 0 unspecified atom stereocenters. The van der Waals surface area contributed by atoms with E-state index in [4.69, 9.17) is 14.2 Å². The van der Waals surface area contributed by atoms with Crippen molar-refractivity contribution in [3.8, 4) is 22.6 Å². The molecule has 3 aromatic rings. The van der Waals surface area contributed by atoms with Crippen LogP contribution in [0.15, 0.2) is 41.6 Å². The zero-order valence-electron chi connectivity index (χ0n) is 23.9. The minimum atomic E-state index is -0.499. The van der Waals surface area contributed by atoms with Gasteiger partial charge in [0.2, 0.25) is 0 Å². The number of methoxy groups -OCH3 is 2. The van der Waals surface area contributed by atoms with Crippen molar-refractivity contribution in [1.82, 2.24) is 19.8 Å².